The number of nitrogens with zero attached hydrogens (tertiary/aromatic N) is 4. The van der Waals surface area contributed by atoms with Crippen molar-refractivity contribution in [1.29, 1.82) is 0 Å². The van der Waals surface area contributed by atoms with Gasteiger partial charge in [-0.25, -0.2) is 14.8 Å². The molecule has 3 aromatic rings. The molecule has 0 amide bonds. The lowest BCUT2D eigenvalue weighted by Gasteiger charge is -2.08. The Morgan fingerprint density at radius 3 is 2.88 bits per heavy atom. The van der Waals surface area contributed by atoms with Gasteiger partial charge in [0.1, 0.15) is 6.33 Å². The van der Waals surface area contributed by atoms with E-state index < -0.39 is 10.9 Å². The Balaban J connectivity index is 1.80. The van der Waals surface area contributed by atoms with Crippen LogP contribution in [0.15, 0.2) is 42.9 Å². The number of esters is 1. The van der Waals surface area contributed by atoms with E-state index in [0.717, 1.165) is 17.2 Å². The number of rotatable bonds is 6. The molecule has 132 valence electrons. The molecule has 2 aromatic heterocycles. The van der Waals surface area contributed by atoms with E-state index in [2.05, 4.69) is 30.2 Å². The van der Waals surface area contributed by atoms with Gasteiger partial charge in [-0.2, -0.15) is 5.10 Å². The molecule has 0 unspecified atom stereocenters. The number of carbonyl (C=O) groups excluding carboxylic acids is 1. The lowest BCUT2D eigenvalue weighted by atomic mass is 10.1. The van der Waals surface area contributed by atoms with Gasteiger partial charge in [-0.05, 0) is 11.6 Å². The first kappa shape index (κ1) is 17.0. The maximum Gasteiger partial charge on any atom is 0.339 e. The Kier molecular flexibility index (Phi) is 4.83. The van der Waals surface area contributed by atoms with E-state index in [0.29, 0.717) is 12.4 Å². The van der Waals surface area contributed by atoms with Gasteiger partial charge in [0.25, 0.3) is 0 Å². The highest BCUT2D eigenvalue weighted by Crippen LogP contribution is 2.24. The number of nitrogens with one attached hydrogen (secondary N) is 2. The third-order valence-corrected chi connectivity index (χ3v) is 3.56. The zero-order valence-electron chi connectivity index (χ0n) is 13.7. The minimum atomic E-state index is -0.688. The topological polar surface area (TPSA) is 136 Å². The normalized spacial score (nSPS) is 10.3. The van der Waals surface area contributed by atoms with E-state index >= 15 is 0 Å². The summed E-state index contributed by atoms with van der Waals surface area (Å²) >= 11 is 0. The molecule has 0 spiro atoms. The van der Waals surface area contributed by atoms with Crippen LogP contribution in [-0.4, -0.2) is 38.2 Å². The molecule has 26 heavy (non-hydrogen) atoms. The standard InChI is InChI=1S/C16H14N6O4/c1-26-16(23)12-6-13(22(24)25)15(18-8-12)17-7-10-3-2-4-11(5-10)14-19-9-20-21-14/h2-6,8-9H,7H2,1H3,(H,17,18)(H,19,20,21). The Hall–Kier alpha value is -3.82. The molecule has 1 aromatic carbocycles. The number of pyridine rings is 1. The van der Waals surface area contributed by atoms with Crippen LogP contribution in [0.5, 0.6) is 0 Å². The summed E-state index contributed by atoms with van der Waals surface area (Å²) in [6.07, 6.45) is 2.64. The van der Waals surface area contributed by atoms with Crippen LogP contribution in [0.3, 0.4) is 0 Å². The molecule has 0 fully saturated rings. The third kappa shape index (κ3) is 3.64. The second-order valence-corrected chi connectivity index (χ2v) is 5.23. The molecule has 2 heterocycles. The SMILES string of the molecule is COC(=O)c1cnc(NCc2cccc(-c3ncn[nH]3)c2)c([N+](=O)[O-])c1. The Morgan fingerprint density at radius 2 is 2.19 bits per heavy atom. The highest BCUT2D eigenvalue weighted by molar-refractivity contribution is 5.90. The summed E-state index contributed by atoms with van der Waals surface area (Å²) in [6.45, 7) is 0.299. The Bertz CT molecular complexity index is 942. The molecule has 10 nitrogen and oxygen atoms in total. The minimum Gasteiger partial charge on any atom is -0.465 e. The lowest BCUT2D eigenvalue weighted by Crippen LogP contribution is -2.08. The van der Waals surface area contributed by atoms with Crippen molar-refractivity contribution in [2.45, 2.75) is 6.54 Å². The number of methoxy groups -OCH3 is 1. The largest absolute Gasteiger partial charge is 0.465 e. The molecule has 0 atom stereocenters. The molecule has 0 bridgehead atoms. The van der Waals surface area contributed by atoms with E-state index in [4.69, 9.17) is 0 Å². The average Bonchev–Trinajstić information content (AvgIpc) is 3.20. The summed E-state index contributed by atoms with van der Waals surface area (Å²) in [7, 11) is 1.20. The van der Waals surface area contributed by atoms with Gasteiger partial charge in [0.05, 0.1) is 17.6 Å². The van der Waals surface area contributed by atoms with Crippen LogP contribution in [0.2, 0.25) is 0 Å². The van der Waals surface area contributed by atoms with Gasteiger partial charge in [0, 0.05) is 24.4 Å². The molecule has 0 radical (unpaired) electrons. The first-order valence-corrected chi connectivity index (χ1v) is 7.50. The number of H-pyrrole nitrogens is 1. The van der Waals surface area contributed by atoms with Gasteiger partial charge in [-0.15, -0.1) is 0 Å². The van der Waals surface area contributed by atoms with Crippen molar-refractivity contribution >= 4 is 17.5 Å². The van der Waals surface area contributed by atoms with Gasteiger partial charge < -0.3 is 10.1 Å². The van der Waals surface area contributed by atoms with E-state index in [1.165, 1.54) is 19.6 Å². The number of anilines is 1. The van der Waals surface area contributed by atoms with Crippen LogP contribution in [0.1, 0.15) is 15.9 Å². The predicted octanol–water partition coefficient (Wildman–Crippen LogP) is 2.17. The number of nitro groups is 1. The molecule has 0 aliphatic heterocycles. The van der Waals surface area contributed by atoms with Crippen molar-refractivity contribution in [3.63, 3.8) is 0 Å². The fraction of sp³-hybridized carbons (Fsp3) is 0.125. The van der Waals surface area contributed by atoms with Crippen LogP contribution < -0.4 is 5.32 Å². The summed E-state index contributed by atoms with van der Waals surface area (Å²) in [4.78, 5) is 30.2. The van der Waals surface area contributed by atoms with Gasteiger partial charge in [-0.1, -0.05) is 18.2 Å². The molecule has 2 N–H and O–H groups in total. The Labute approximate surface area is 147 Å². The van der Waals surface area contributed by atoms with Gasteiger partial charge in [-0.3, -0.25) is 15.2 Å². The number of ether oxygens (including phenoxy) is 1. The zero-order valence-corrected chi connectivity index (χ0v) is 13.7. The fourth-order valence-electron chi connectivity index (χ4n) is 2.32. The number of aromatic amines is 1. The first-order chi connectivity index (χ1) is 12.6. The van der Waals surface area contributed by atoms with E-state index in [1.807, 2.05) is 24.3 Å². The molecular weight excluding hydrogens is 340 g/mol. The quantitative estimate of drug-likeness (QED) is 0.390. The highest BCUT2D eigenvalue weighted by atomic mass is 16.6. The van der Waals surface area contributed by atoms with Gasteiger partial charge in [0.2, 0.25) is 5.82 Å². The van der Waals surface area contributed by atoms with E-state index in [-0.39, 0.29) is 17.1 Å². The summed E-state index contributed by atoms with van der Waals surface area (Å²) in [5.74, 6) is -0.00184. The summed E-state index contributed by atoms with van der Waals surface area (Å²) in [5.41, 5.74) is 1.41. The number of aromatic nitrogens is 4. The summed E-state index contributed by atoms with van der Waals surface area (Å²) in [6, 6.07) is 8.59. The van der Waals surface area contributed by atoms with Crippen LogP contribution in [0.4, 0.5) is 11.5 Å². The van der Waals surface area contributed by atoms with Crippen LogP contribution >= 0.6 is 0 Å². The van der Waals surface area contributed by atoms with Crippen molar-refractivity contribution in [1.82, 2.24) is 20.2 Å². The molecule has 0 saturated heterocycles. The van der Waals surface area contributed by atoms with Crippen LogP contribution in [0, 0.1) is 10.1 Å². The maximum atomic E-state index is 11.5. The smallest absolute Gasteiger partial charge is 0.339 e. The van der Waals surface area contributed by atoms with Crippen LogP contribution in [0.25, 0.3) is 11.4 Å². The first-order valence-electron chi connectivity index (χ1n) is 7.50. The molecule has 3 rings (SSSR count). The second-order valence-electron chi connectivity index (χ2n) is 5.23. The van der Waals surface area contributed by atoms with E-state index in [1.54, 1.807) is 0 Å². The third-order valence-electron chi connectivity index (χ3n) is 3.56. The monoisotopic (exact) mass is 354 g/mol. The number of benzene rings is 1. The molecule has 0 aliphatic carbocycles. The fourth-order valence-corrected chi connectivity index (χ4v) is 2.32. The average molecular weight is 354 g/mol. The highest BCUT2D eigenvalue weighted by Gasteiger charge is 2.19. The molecular formula is C16H14N6O4. The second kappa shape index (κ2) is 7.38. The molecule has 0 saturated carbocycles. The van der Waals surface area contributed by atoms with Crippen molar-refractivity contribution in [3.05, 3.63) is 64.1 Å². The van der Waals surface area contributed by atoms with E-state index in [9.17, 15) is 14.9 Å². The number of hydrogen-bond acceptors (Lipinski definition) is 8. The molecule has 0 aliphatic rings. The summed E-state index contributed by atoms with van der Waals surface area (Å²) < 4.78 is 4.55. The van der Waals surface area contributed by atoms with Crippen molar-refractivity contribution in [2.24, 2.45) is 0 Å². The minimum absolute atomic E-state index is 0.0112. The Morgan fingerprint density at radius 1 is 1.35 bits per heavy atom. The van der Waals surface area contributed by atoms with Crippen molar-refractivity contribution in [3.8, 4) is 11.4 Å². The lowest BCUT2D eigenvalue weighted by molar-refractivity contribution is -0.384. The molecule has 10 heteroatoms. The van der Waals surface area contributed by atoms with Gasteiger partial charge >= 0.3 is 11.7 Å². The summed E-state index contributed by atoms with van der Waals surface area (Å²) in [5, 5.41) is 20.8. The van der Waals surface area contributed by atoms with Crippen molar-refractivity contribution < 1.29 is 14.5 Å². The van der Waals surface area contributed by atoms with Crippen LogP contribution in [-0.2, 0) is 11.3 Å². The van der Waals surface area contributed by atoms with Crippen molar-refractivity contribution in [2.75, 3.05) is 12.4 Å². The van der Waals surface area contributed by atoms with Gasteiger partial charge in [0.15, 0.2) is 5.82 Å². The number of carbonyl (C=O) groups is 1. The predicted molar refractivity (Wildman–Crippen MR) is 91.4 cm³/mol. The zero-order chi connectivity index (χ0) is 18.5. The number of hydrogen-bond donors (Lipinski definition) is 2. The maximum absolute atomic E-state index is 11.5.